The van der Waals surface area contributed by atoms with Crippen molar-refractivity contribution in [3.05, 3.63) is 0 Å². The van der Waals surface area contributed by atoms with Gasteiger partial charge in [0.1, 0.15) is 6.04 Å². The van der Waals surface area contributed by atoms with Crippen molar-refractivity contribution in [2.24, 2.45) is 11.8 Å². The first kappa shape index (κ1) is 16.8. The summed E-state index contributed by atoms with van der Waals surface area (Å²) in [4.78, 5) is 25.8. The number of likely N-dealkylation sites (N-methyl/N-ethyl adjacent to an activating group) is 1. The lowest BCUT2D eigenvalue weighted by molar-refractivity contribution is -0.135. The van der Waals surface area contributed by atoms with E-state index in [0.717, 1.165) is 43.4 Å². The average Bonchev–Trinajstić information content (AvgIpc) is 3.08. The molecule has 0 spiro atoms. The van der Waals surface area contributed by atoms with Gasteiger partial charge in [-0.2, -0.15) is 5.26 Å². The fourth-order valence-corrected chi connectivity index (χ4v) is 3.74. The molecule has 2 saturated carbocycles. The predicted molar refractivity (Wildman–Crippen MR) is 83.5 cm³/mol. The SMILES string of the molecule is CN(C#N)C(=O)[C@H](CC1CCCCC1)NC(=O)C1CCCC1. The second kappa shape index (κ2) is 8.17. The maximum atomic E-state index is 12.4. The normalized spacial score (nSPS) is 21.1. The van der Waals surface area contributed by atoms with Crippen LogP contribution in [0.3, 0.4) is 0 Å². The molecule has 0 aliphatic heterocycles. The van der Waals surface area contributed by atoms with Gasteiger partial charge in [-0.15, -0.1) is 0 Å². The van der Waals surface area contributed by atoms with Gasteiger partial charge in [0, 0.05) is 13.0 Å². The van der Waals surface area contributed by atoms with Gasteiger partial charge in [-0.05, 0) is 25.2 Å². The van der Waals surface area contributed by atoms with Crippen LogP contribution in [0.4, 0.5) is 0 Å². The Morgan fingerprint density at radius 1 is 1.14 bits per heavy atom. The number of nitrogens with one attached hydrogen (secondary N) is 1. The summed E-state index contributed by atoms with van der Waals surface area (Å²) >= 11 is 0. The molecule has 1 N–H and O–H groups in total. The lowest BCUT2D eigenvalue weighted by atomic mass is 9.84. The molecule has 2 rings (SSSR count). The molecular weight excluding hydrogens is 278 g/mol. The molecule has 2 aliphatic carbocycles. The molecule has 122 valence electrons. The Labute approximate surface area is 133 Å². The van der Waals surface area contributed by atoms with Crippen LogP contribution in [0.2, 0.25) is 0 Å². The van der Waals surface area contributed by atoms with Gasteiger partial charge >= 0.3 is 0 Å². The largest absolute Gasteiger partial charge is 0.344 e. The summed E-state index contributed by atoms with van der Waals surface area (Å²) in [5.74, 6) is 0.255. The third-order valence-corrected chi connectivity index (χ3v) is 5.11. The van der Waals surface area contributed by atoms with E-state index in [-0.39, 0.29) is 17.7 Å². The average molecular weight is 305 g/mol. The van der Waals surface area contributed by atoms with Crippen LogP contribution in [-0.2, 0) is 9.59 Å². The van der Waals surface area contributed by atoms with E-state index in [4.69, 9.17) is 5.26 Å². The molecule has 0 heterocycles. The maximum absolute atomic E-state index is 12.4. The van der Waals surface area contributed by atoms with Gasteiger partial charge in [0.2, 0.25) is 5.91 Å². The van der Waals surface area contributed by atoms with Gasteiger partial charge in [-0.25, -0.2) is 0 Å². The number of hydrogen-bond acceptors (Lipinski definition) is 3. The molecule has 1 atom stereocenters. The van der Waals surface area contributed by atoms with Crippen molar-refractivity contribution in [2.75, 3.05) is 7.05 Å². The molecule has 22 heavy (non-hydrogen) atoms. The third kappa shape index (κ3) is 4.46. The van der Waals surface area contributed by atoms with Crippen LogP contribution in [0.25, 0.3) is 0 Å². The summed E-state index contributed by atoms with van der Waals surface area (Å²) in [7, 11) is 1.47. The van der Waals surface area contributed by atoms with Crippen molar-refractivity contribution in [2.45, 2.75) is 70.3 Å². The molecule has 0 bridgehead atoms. The minimum absolute atomic E-state index is 0.00185. The van der Waals surface area contributed by atoms with Crippen molar-refractivity contribution in [3.8, 4) is 6.19 Å². The van der Waals surface area contributed by atoms with E-state index in [2.05, 4.69) is 5.32 Å². The Morgan fingerprint density at radius 2 is 1.73 bits per heavy atom. The van der Waals surface area contributed by atoms with Gasteiger partial charge in [-0.1, -0.05) is 44.9 Å². The first-order valence-corrected chi connectivity index (χ1v) is 8.59. The Hall–Kier alpha value is -1.57. The lowest BCUT2D eigenvalue weighted by Crippen LogP contribution is -2.48. The smallest absolute Gasteiger partial charge is 0.257 e. The van der Waals surface area contributed by atoms with E-state index in [1.807, 2.05) is 6.19 Å². The molecule has 0 aromatic rings. The molecule has 2 amide bonds. The number of carbonyl (C=O) groups is 2. The predicted octanol–water partition coefficient (Wildman–Crippen LogP) is 2.57. The van der Waals surface area contributed by atoms with Gasteiger partial charge in [0.25, 0.3) is 5.91 Å². The van der Waals surface area contributed by atoms with Crippen LogP contribution in [0.5, 0.6) is 0 Å². The molecule has 0 radical (unpaired) electrons. The fourth-order valence-electron chi connectivity index (χ4n) is 3.74. The monoisotopic (exact) mass is 305 g/mol. The third-order valence-electron chi connectivity index (χ3n) is 5.11. The number of rotatable bonds is 5. The van der Waals surface area contributed by atoms with E-state index in [1.54, 1.807) is 0 Å². The summed E-state index contributed by atoms with van der Waals surface area (Å²) < 4.78 is 0. The van der Waals surface area contributed by atoms with Crippen molar-refractivity contribution in [1.82, 2.24) is 10.2 Å². The molecule has 0 unspecified atom stereocenters. The summed E-state index contributed by atoms with van der Waals surface area (Å²) in [5, 5.41) is 11.9. The van der Waals surface area contributed by atoms with Crippen LogP contribution in [-0.4, -0.2) is 29.8 Å². The summed E-state index contributed by atoms with van der Waals surface area (Å²) in [6.07, 6.45) is 12.5. The molecule has 0 aromatic carbocycles. The van der Waals surface area contributed by atoms with E-state index in [9.17, 15) is 9.59 Å². The highest BCUT2D eigenvalue weighted by molar-refractivity contribution is 5.89. The van der Waals surface area contributed by atoms with Gasteiger partial charge < -0.3 is 5.32 Å². The van der Waals surface area contributed by atoms with E-state index in [1.165, 1.54) is 26.3 Å². The van der Waals surface area contributed by atoms with Crippen LogP contribution in [0.15, 0.2) is 0 Å². The van der Waals surface area contributed by atoms with Crippen LogP contribution in [0, 0.1) is 23.3 Å². The lowest BCUT2D eigenvalue weighted by Gasteiger charge is -2.28. The maximum Gasteiger partial charge on any atom is 0.257 e. The molecule has 5 heteroatoms. The van der Waals surface area contributed by atoms with E-state index < -0.39 is 6.04 Å². The summed E-state index contributed by atoms with van der Waals surface area (Å²) in [6, 6.07) is -0.541. The Kier molecular flexibility index (Phi) is 6.23. The standard InChI is InChI=1S/C17H27N3O2/c1-20(12-18)17(22)15(11-13-7-3-2-4-8-13)19-16(21)14-9-5-6-10-14/h13-15H,2-11H2,1H3,(H,19,21)/t15-/m0/s1. The van der Waals surface area contributed by atoms with Crippen molar-refractivity contribution < 1.29 is 9.59 Å². The van der Waals surface area contributed by atoms with Crippen molar-refractivity contribution in [1.29, 1.82) is 5.26 Å². The number of amides is 2. The summed E-state index contributed by atoms with van der Waals surface area (Å²) in [6.45, 7) is 0. The van der Waals surface area contributed by atoms with Gasteiger partial charge in [-0.3, -0.25) is 14.5 Å². The minimum atomic E-state index is -0.541. The van der Waals surface area contributed by atoms with Crippen LogP contribution < -0.4 is 5.32 Å². The molecule has 2 fully saturated rings. The zero-order chi connectivity index (χ0) is 15.9. The summed E-state index contributed by atoms with van der Waals surface area (Å²) in [5.41, 5.74) is 0. The second-order valence-corrected chi connectivity index (χ2v) is 6.78. The Balaban J connectivity index is 1.98. The minimum Gasteiger partial charge on any atom is -0.344 e. The molecule has 0 aromatic heterocycles. The highest BCUT2D eigenvalue weighted by Crippen LogP contribution is 2.29. The molecule has 2 aliphatic rings. The highest BCUT2D eigenvalue weighted by Gasteiger charge is 2.31. The quantitative estimate of drug-likeness (QED) is 0.626. The zero-order valence-corrected chi connectivity index (χ0v) is 13.5. The van der Waals surface area contributed by atoms with E-state index in [0.29, 0.717) is 12.3 Å². The first-order valence-electron chi connectivity index (χ1n) is 8.59. The molecular formula is C17H27N3O2. The molecule has 0 saturated heterocycles. The van der Waals surface area contributed by atoms with E-state index >= 15 is 0 Å². The number of nitriles is 1. The number of hydrogen-bond donors (Lipinski definition) is 1. The topological polar surface area (TPSA) is 73.2 Å². The van der Waals surface area contributed by atoms with Crippen LogP contribution >= 0.6 is 0 Å². The first-order chi connectivity index (χ1) is 10.6. The van der Waals surface area contributed by atoms with Crippen LogP contribution in [0.1, 0.15) is 64.2 Å². The second-order valence-electron chi connectivity index (χ2n) is 6.78. The highest BCUT2D eigenvalue weighted by atomic mass is 16.2. The van der Waals surface area contributed by atoms with Crippen molar-refractivity contribution in [3.63, 3.8) is 0 Å². The van der Waals surface area contributed by atoms with Crippen molar-refractivity contribution >= 4 is 11.8 Å². The zero-order valence-electron chi connectivity index (χ0n) is 13.5. The Morgan fingerprint density at radius 3 is 2.32 bits per heavy atom. The molecule has 5 nitrogen and oxygen atoms in total. The van der Waals surface area contributed by atoms with Gasteiger partial charge in [0.15, 0.2) is 6.19 Å². The Bertz CT molecular complexity index is 432. The van der Waals surface area contributed by atoms with Gasteiger partial charge in [0.05, 0.1) is 0 Å². The number of nitrogens with zero attached hydrogens (tertiary/aromatic N) is 2. The number of carbonyl (C=O) groups excluding carboxylic acids is 2. The fraction of sp³-hybridized carbons (Fsp3) is 0.824.